The molecule has 0 bridgehead atoms. The normalized spacial score (nSPS) is 16.1. The zero-order chi connectivity index (χ0) is 19.6. The number of guanidine groups is 1. The van der Waals surface area contributed by atoms with Crippen LogP contribution < -0.4 is 10.6 Å². The van der Waals surface area contributed by atoms with Crippen LogP contribution in [-0.2, 0) is 6.42 Å². The molecule has 1 unspecified atom stereocenters. The molecular formula is C23H33N5. The lowest BCUT2D eigenvalue weighted by Gasteiger charge is -2.27. The van der Waals surface area contributed by atoms with Crippen LogP contribution in [0.3, 0.4) is 0 Å². The van der Waals surface area contributed by atoms with Crippen LogP contribution in [0.1, 0.15) is 42.6 Å². The predicted octanol–water partition coefficient (Wildman–Crippen LogP) is 3.32. The van der Waals surface area contributed by atoms with Gasteiger partial charge in [0.25, 0.3) is 0 Å². The number of aliphatic imine (C=N–C) groups is 1. The van der Waals surface area contributed by atoms with E-state index >= 15 is 0 Å². The Kier molecular flexibility index (Phi) is 7.85. The second kappa shape index (κ2) is 10.8. The fourth-order valence-corrected chi connectivity index (χ4v) is 3.65. The number of hydrogen-bond acceptors (Lipinski definition) is 3. The molecule has 1 fully saturated rings. The van der Waals surface area contributed by atoms with Crippen molar-refractivity contribution in [1.82, 2.24) is 20.5 Å². The maximum absolute atomic E-state index is 4.92. The van der Waals surface area contributed by atoms with E-state index in [1.807, 2.05) is 18.3 Å². The lowest BCUT2D eigenvalue weighted by Crippen LogP contribution is -2.39. The first-order chi connectivity index (χ1) is 13.8. The highest BCUT2D eigenvalue weighted by molar-refractivity contribution is 5.79. The number of nitrogens with one attached hydrogen (secondary N) is 2. The Hall–Kier alpha value is -2.40. The minimum Gasteiger partial charge on any atom is -0.357 e. The van der Waals surface area contributed by atoms with Gasteiger partial charge in [-0.1, -0.05) is 35.9 Å². The van der Waals surface area contributed by atoms with Gasteiger partial charge in [0, 0.05) is 31.4 Å². The van der Waals surface area contributed by atoms with E-state index in [1.54, 1.807) is 0 Å². The van der Waals surface area contributed by atoms with E-state index < -0.39 is 0 Å². The van der Waals surface area contributed by atoms with E-state index in [-0.39, 0.29) is 0 Å². The molecular weight excluding hydrogens is 346 g/mol. The van der Waals surface area contributed by atoms with Gasteiger partial charge in [0.15, 0.2) is 5.96 Å². The quantitative estimate of drug-likeness (QED) is 0.546. The van der Waals surface area contributed by atoms with Gasteiger partial charge in [0.2, 0.25) is 0 Å². The number of likely N-dealkylation sites (tertiary alicyclic amines) is 1. The van der Waals surface area contributed by atoms with Crippen LogP contribution in [0, 0.1) is 6.92 Å². The van der Waals surface area contributed by atoms with E-state index in [9.17, 15) is 0 Å². The van der Waals surface area contributed by atoms with Crippen LogP contribution in [-0.4, -0.2) is 48.6 Å². The molecule has 2 aromatic rings. The monoisotopic (exact) mass is 379 g/mol. The summed E-state index contributed by atoms with van der Waals surface area (Å²) in [4.78, 5) is 11.9. The van der Waals surface area contributed by atoms with Crippen LogP contribution >= 0.6 is 0 Å². The van der Waals surface area contributed by atoms with Crippen molar-refractivity contribution in [2.45, 2.75) is 39.2 Å². The molecule has 3 rings (SSSR count). The van der Waals surface area contributed by atoms with E-state index in [1.165, 1.54) is 24.0 Å². The summed E-state index contributed by atoms with van der Waals surface area (Å²) in [6, 6.07) is 15.3. The molecule has 1 atom stereocenters. The maximum Gasteiger partial charge on any atom is 0.191 e. The Labute approximate surface area is 169 Å². The molecule has 0 spiro atoms. The third-order valence-electron chi connectivity index (χ3n) is 5.21. The lowest BCUT2D eigenvalue weighted by molar-refractivity contribution is 0.251. The SMILES string of the molecule is CCNC(=NCC(c1ccc(C)cc1)N1CCCC1)NCCc1ccccn1. The molecule has 150 valence electrons. The van der Waals surface area contributed by atoms with Gasteiger partial charge in [-0.15, -0.1) is 0 Å². The highest BCUT2D eigenvalue weighted by Gasteiger charge is 2.23. The molecule has 0 aliphatic carbocycles. The molecule has 1 aromatic carbocycles. The largest absolute Gasteiger partial charge is 0.357 e. The minimum absolute atomic E-state index is 0.342. The van der Waals surface area contributed by atoms with E-state index in [2.05, 4.69) is 64.7 Å². The van der Waals surface area contributed by atoms with E-state index in [0.29, 0.717) is 6.04 Å². The van der Waals surface area contributed by atoms with Crippen molar-refractivity contribution in [3.63, 3.8) is 0 Å². The molecule has 1 aromatic heterocycles. The molecule has 1 aliphatic heterocycles. The van der Waals surface area contributed by atoms with Gasteiger partial charge in [0.05, 0.1) is 12.6 Å². The Morgan fingerprint density at radius 1 is 1.11 bits per heavy atom. The Morgan fingerprint density at radius 3 is 2.57 bits per heavy atom. The highest BCUT2D eigenvalue weighted by Crippen LogP contribution is 2.25. The number of benzene rings is 1. The summed E-state index contributed by atoms with van der Waals surface area (Å²) in [5, 5.41) is 6.83. The van der Waals surface area contributed by atoms with Gasteiger partial charge in [0.1, 0.15) is 0 Å². The van der Waals surface area contributed by atoms with Crippen LogP contribution in [0.4, 0.5) is 0 Å². The molecule has 2 heterocycles. The summed E-state index contributed by atoms with van der Waals surface area (Å²) in [6.45, 7) is 9.02. The van der Waals surface area contributed by atoms with Crippen molar-refractivity contribution < 1.29 is 0 Å². The molecule has 28 heavy (non-hydrogen) atoms. The average molecular weight is 380 g/mol. The molecule has 1 saturated heterocycles. The molecule has 5 heteroatoms. The van der Waals surface area contributed by atoms with Crippen molar-refractivity contribution in [2.24, 2.45) is 4.99 Å². The molecule has 5 nitrogen and oxygen atoms in total. The van der Waals surface area contributed by atoms with Gasteiger partial charge in [-0.3, -0.25) is 14.9 Å². The number of aromatic nitrogens is 1. The maximum atomic E-state index is 4.92. The fourth-order valence-electron chi connectivity index (χ4n) is 3.65. The van der Waals surface area contributed by atoms with Gasteiger partial charge < -0.3 is 10.6 Å². The summed E-state index contributed by atoms with van der Waals surface area (Å²) < 4.78 is 0. The van der Waals surface area contributed by atoms with Crippen LogP contribution in [0.2, 0.25) is 0 Å². The summed E-state index contributed by atoms with van der Waals surface area (Å²) in [5.74, 6) is 0.884. The zero-order valence-electron chi connectivity index (χ0n) is 17.2. The van der Waals surface area contributed by atoms with Crippen molar-refractivity contribution in [3.05, 3.63) is 65.5 Å². The third kappa shape index (κ3) is 6.06. The standard InChI is InChI=1S/C23H33N5/c1-3-24-23(26-15-13-21-8-4-5-14-25-21)27-18-22(28-16-6-7-17-28)20-11-9-19(2)10-12-20/h4-5,8-12,14,22H,3,6-7,13,15-18H2,1-2H3,(H2,24,26,27). The first-order valence-electron chi connectivity index (χ1n) is 10.5. The fraction of sp³-hybridized carbons (Fsp3) is 0.478. The average Bonchev–Trinajstić information content (AvgIpc) is 3.25. The molecule has 0 saturated carbocycles. The lowest BCUT2D eigenvalue weighted by atomic mass is 10.0. The summed E-state index contributed by atoms with van der Waals surface area (Å²) >= 11 is 0. The van der Waals surface area contributed by atoms with E-state index in [0.717, 1.165) is 50.8 Å². The van der Waals surface area contributed by atoms with Gasteiger partial charge in [-0.25, -0.2) is 0 Å². The smallest absolute Gasteiger partial charge is 0.191 e. The van der Waals surface area contributed by atoms with Gasteiger partial charge in [-0.05, 0) is 57.5 Å². The number of nitrogens with zero attached hydrogens (tertiary/aromatic N) is 3. The third-order valence-corrected chi connectivity index (χ3v) is 5.21. The first kappa shape index (κ1) is 20.3. The number of aryl methyl sites for hydroxylation is 1. The van der Waals surface area contributed by atoms with E-state index in [4.69, 9.17) is 4.99 Å². The predicted molar refractivity (Wildman–Crippen MR) is 117 cm³/mol. The highest BCUT2D eigenvalue weighted by atomic mass is 15.2. The van der Waals surface area contributed by atoms with Crippen LogP contribution in [0.25, 0.3) is 0 Å². The second-order valence-corrected chi connectivity index (χ2v) is 7.39. The summed E-state index contributed by atoms with van der Waals surface area (Å²) in [7, 11) is 0. The molecule has 2 N–H and O–H groups in total. The van der Waals surface area contributed by atoms with Gasteiger partial charge >= 0.3 is 0 Å². The van der Waals surface area contributed by atoms with Crippen molar-refractivity contribution in [1.29, 1.82) is 0 Å². The first-order valence-corrected chi connectivity index (χ1v) is 10.5. The second-order valence-electron chi connectivity index (χ2n) is 7.39. The Balaban J connectivity index is 1.64. The van der Waals surface area contributed by atoms with Crippen molar-refractivity contribution in [3.8, 4) is 0 Å². The topological polar surface area (TPSA) is 52.6 Å². The summed E-state index contributed by atoms with van der Waals surface area (Å²) in [6.07, 6.45) is 5.30. The molecule has 0 amide bonds. The number of pyridine rings is 1. The van der Waals surface area contributed by atoms with Gasteiger partial charge in [-0.2, -0.15) is 0 Å². The minimum atomic E-state index is 0.342. The zero-order valence-corrected chi connectivity index (χ0v) is 17.2. The number of hydrogen-bond donors (Lipinski definition) is 2. The van der Waals surface area contributed by atoms with Crippen molar-refractivity contribution in [2.75, 3.05) is 32.7 Å². The van der Waals surface area contributed by atoms with Crippen LogP contribution in [0.5, 0.6) is 0 Å². The van der Waals surface area contributed by atoms with Crippen LogP contribution in [0.15, 0.2) is 53.7 Å². The molecule has 0 radical (unpaired) electrons. The van der Waals surface area contributed by atoms with Crippen molar-refractivity contribution >= 4 is 5.96 Å². The Bertz CT molecular complexity index is 720. The molecule has 1 aliphatic rings. The number of rotatable bonds is 8. The summed E-state index contributed by atoms with van der Waals surface area (Å²) in [5.41, 5.74) is 3.76. The Morgan fingerprint density at radius 2 is 1.89 bits per heavy atom.